The minimum absolute atomic E-state index is 0.118. The molecule has 0 amide bonds. The van der Waals surface area contributed by atoms with Gasteiger partial charge in [0.05, 0.1) is 12.5 Å². The van der Waals surface area contributed by atoms with Crippen LogP contribution in [0, 0.1) is 11.3 Å². The summed E-state index contributed by atoms with van der Waals surface area (Å²) in [6.07, 6.45) is 3.77. The van der Waals surface area contributed by atoms with Crippen LogP contribution >= 0.6 is 0 Å². The number of rotatable bonds is 6. The Morgan fingerprint density at radius 2 is 1.67 bits per heavy atom. The van der Waals surface area contributed by atoms with Crippen LogP contribution in [-0.2, 0) is 0 Å². The zero-order chi connectivity index (χ0) is 26.9. The lowest BCUT2D eigenvalue weighted by Gasteiger charge is -2.35. The van der Waals surface area contributed by atoms with Gasteiger partial charge in [-0.1, -0.05) is 44.2 Å². The SMILES string of the molecule is COc1ccc(-n2cc(-c3ccccc3)c3c(N4CCN(c5oc(C(C)C)nc5C#N)CC4)ncnc32)cc1. The summed E-state index contributed by atoms with van der Waals surface area (Å²) in [5.41, 5.74) is 4.36. The second-order valence-corrected chi connectivity index (χ2v) is 9.82. The number of nitriles is 1. The first-order valence-corrected chi connectivity index (χ1v) is 13.0. The molecule has 9 heteroatoms. The Morgan fingerprint density at radius 3 is 2.33 bits per heavy atom. The largest absolute Gasteiger partial charge is 0.497 e. The summed E-state index contributed by atoms with van der Waals surface area (Å²) in [5.74, 6) is 2.97. The molecular weight excluding hydrogens is 490 g/mol. The average molecular weight is 520 g/mol. The number of piperazine rings is 1. The number of ether oxygens (including phenoxy) is 1. The third-order valence-electron chi connectivity index (χ3n) is 7.09. The predicted octanol–water partition coefficient (Wildman–Crippen LogP) is 5.41. The molecule has 0 bridgehead atoms. The average Bonchev–Trinajstić information content (AvgIpc) is 3.60. The van der Waals surface area contributed by atoms with Crippen molar-refractivity contribution in [3.05, 3.63) is 78.7 Å². The van der Waals surface area contributed by atoms with Gasteiger partial charge in [0.15, 0.2) is 5.65 Å². The summed E-state index contributed by atoms with van der Waals surface area (Å²) in [6.45, 7) is 6.84. The first-order valence-electron chi connectivity index (χ1n) is 13.0. The van der Waals surface area contributed by atoms with Crippen LogP contribution in [0.4, 0.5) is 11.7 Å². The number of methoxy groups -OCH3 is 1. The van der Waals surface area contributed by atoms with Gasteiger partial charge in [0.25, 0.3) is 0 Å². The van der Waals surface area contributed by atoms with Crippen LogP contribution in [0.3, 0.4) is 0 Å². The number of hydrogen-bond acceptors (Lipinski definition) is 8. The number of aromatic nitrogens is 4. The van der Waals surface area contributed by atoms with E-state index in [0.717, 1.165) is 52.5 Å². The van der Waals surface area contributed by atoms with Gasteiger partial charge in [-0.05, 0) is 29.8 Å². The molecule has 1 aliphatic rings. The van der Waals surface area contributed by atoms with Crippen LogP contribution in [0.2, 0.25) is 0 Å². The zero-order valence-corrected chi connectivity index (χ0v) is 22.2. The highest BCUT2D eigenvalue weighted by Crippen LogP contribution is 2.37. The third kappa shape index (κ3) is 4.44. The third-order valence-corrected chi connectivity index (χ3v) is 7.09. The Balaban J connectivity index is 1.38. The molecular formula is C30H29N7O2. The van der Waals surface area contributed by atoms with Crippen molar-refractivity contribution in [2.24, 2.45) is 0 Å². The van der Waals surface area contributed by atoms with Crippen LogP contribution in [0.1, 0.15) is 31.4 Å². The van der Waals surface area contributed by atoms with Crippen LogP contribution < -0.4 is 14.5 Å². The van der Waals surface area contributed by atoms with Crippen molar-refractivity contribution in [2.75, 3.05) is 43.1 Å². The van der Waals surface area contributed by atoms with E-state index in [1.54, 1.807) is 13.4 Å². The van der Waals surface area contributed by atoms with Gasteiger partial charge in [-0.3, -0.25) is 0 Å². The molecule has 196 valence electrons. The van der Waals surface area contributed by atoms with E-state index >= 15 is 0 Å². The van der Waals surface area contributed by atoms with Crippen LogP contribution in [-0.4, -0.2) is 52.8 Å². The highest BCUT2D eigenvalue weighted by atomic mass is 16.5. The van der Waals surface area contributed by atoms with Gasteiger partial charge >= 0.3 is 0 Å². The maximum absolute atomic E-state index is 9.62. The summed E-state index contributed by atoms with van der Waals surface area (Å²) in [7, 11) is 1.67. The molecule has 0 unspecified atom stereocenters. The fraction of sp³-hybridized carbons (Fsp3) is 0.267. The lowest BCUT2D eigenvalue weighted by molar-refractivity contribution is 0.415. The predicted molar refractivity (Wildman–Crippen MR) is 151 cm³/mol. The molecule has 39 heavy (non-hydrogen) atoms. The molecule has 0 N–H and O–H groups in total. The molecule has 0 saturated carbocycles. The molecule has 6 rings (SSSR count). The molecule has 3 aromatic heterocycles. The zero-order valence-electron chi connectivity index (χ0n) is 22.2. The van der Waals surface area contributed by atoms with E-state index in [4.69, 9.17) is 19.1 Å². The molecule has 0 spiro atoms. The van der Waals surface area contributed by atoms with E-state index in [-0.39, 0.29) is 5.92 Å². The van der Waals surface area contributed by atoms with Crippen LogP contribution in [0.5, 0.6) is 5.75 Å². The molecule has 0 radical (unpaired) electrons. The molecule has 4 heterocycles. The van der Waals surface area contributed by atoms with Gasteiger partial charge in [-0.2, -0.15) is 5.26 Å². The van der Waals surface area contributed by atoms with Crippen molar-refractivity contribution in [1.82, 2.24) is 19.5 Å². The van der Waals surface area contributed by atoms with Crippen LogP contribution in [0.25, 0.3) is 27.8 Å². The number of anilines is 2. The molecule has 9 nitrogen and oxygen atoms in total. The fourth-order valence-corrected chi connectivity index (χ4v) is 5.05. The Labute approximate surface area is 226 Å². The second kappa shape index (κ2) is 10.1. The molecule has 2 aromatic carbocycles. The van der Waals surface area contributed by atoms with Crippen molar-refractivity contribution in [3.8, 4) is 28.6 Å². The first kappa shape index (κ1) is 24.5. The van der Waals surface area contributed by atoms with E-state index in [1.165, 1.54) is 0 Å². The lowest BCUT2D eigenvalue weighted by atomic mass is 10.1. The maximum atomic E-state index is 9.62. The van der Waals surface area contributed by atoms with Crippen molar-refractivity contribution < 1.29 is 9.15 Å². The Hall–Kier alpha value is -4.84. The van der Waals surface area contributed by atoms with E-state index in [0.29, 0.717) is 30.6 Å². The van der Waals surface area contributed by atoms with Gasteiger partial charge in [0.2, 0.25) is 17.5 Å². The lowest BCUT2D eigenvalue weighted by Crippen LogP contribution is -2.47. The quantitative estimate of drug-likeness (QED) is 0.294. The first-order chi connectivity index (χ1) is 19.1. The maximum Gasteiger partial charge on any atom is 0.234 e. The highest BCUT2D eigenvalue weighted by Gasteiger charge is 2.28. The molecule has 1 aliphatic heterocycles. The highest BCUT2D eigenvalue weighted by molar-refractivity contribution is 6.02. The number of fused-ring (bicyclic) bond motifs is 1. The Bertz CT molecular complexity index is 1640. The van der Waals surface area contributed by atoms with Gasteiger partial charge in [-0.25, -0.2) is 15.0 Å². The van der Waals surface area contributed by atoms with E-state index in [9.17, 15) is 5.26 Å². The summed E-state index contributed by atoms with van der Waals surface area (Å²) in [6, 6.07) is 20.5. The molecule has 5 aromatic rings. The summed E-state index contributed by atoms with van der Waals surface area (Å²) >= 11 is 0. The normalized spacial score (nSPS) is 13.7. The standard InChI is InChI=1S/C30H29N7O2/c1-20(2)29-34-25(17-31)30(39-29)36-15-13-35(14-16-36)27-26-24(21-7-5-4-6-8-21)18-37(28(26)33-19-32-27)22-9-11-23(38-3)12-10-22/h4-12,18-20H,13-16H2,1-3H3. The summed E-state index contributed by atoms with van der Waals surface area (Å²) in [5, 5.41) is 10.6. The smallest absolute Gasteiger partial charge is 0.234 e. The second-order valence-electron chi connectivity index (χ2n) is 9.82. The molecule has 1 saturated heterocycles. The number of oxazole rings is 1. The van der Waals surface area contributed by atoms with E-state index in [2.05, 4.69) is 43.7 Å². The van der Waals surface area contributed by atoms with Crippen molar-refractivity contribution in [1.29, 1.82) is 5.26 Å². The van der Waals surface area contributed by atoms with Crippen LogP contribution in [0.15, 0.2) is 71.5 Å². The Morgan fingerprint density at radius 1 is 0.949 bits per heavy atom. The fourth-order valence-electron chi connectivity index (χ4n) is 5.05. The van der Waals surface area contributed by atoms with Crippen molar-refractivity contribution >= 4 is 22.7 Å². The van der Waals surface area contributed by atoms with E-state index in [1.807, 2.05) is 56.3 Å². The molecule has 1 fully saturated rings. The van der Waals surface area contributed by atoms with Crippen molar-refractivity contribution in [3.63, 3.8) is 0 Å². The van der Waals surface area contributed by atoms with Gasteiger partial charge in [-0.15, -0.1) is 0 Å². The topological polar surface area (TPSA) is 96.2 Å². The van der Waals surface area contributed by atoms with Gasteiger partial charge in [0.1, 0.15) is 24.0 Å². The number of benzene rings is 2. The summed E-state index contributed by atoms with van der Waals surface area (Å²) < 4.78 is 13.5. The Kier molecular flexibility index (Phi) is 6.37. The minimum Gasteiger partial charge on any atom is -0.497 e. The number of hydrogen-bond donors (Lipinski definition) is 0. The number of nitrogens with zero attached hydrogens (tertiary/aromatic N) is 7. The minimum atomic E-state index is 0.118. The monoisotopic (exact) mass is 519 g/mol. The van der Waals surface area contributed by atoms with E-state index < -0.39 is 0 Å². The molecule has 0 aliphatic carbocycles. The summed E-state index contributed by atoms with van der Waals surface area (Å²) in [4.78, 5) is 18.3. The van der Waals surface area contributed by atoms with Crippen molar-refractivity contribution in [2.45, 2.75) is 19.8 Å². The van der Waals surface area contributed by atoms with Gasteiger partial charge in [0, 0.05) is 49.5 Å². The van der Waals surface area contributed by atoms with Gasteiger partial charge < -0.3 is 23.5 Å². The molecule has 0 atom stereocenters.